The summed E-state index contributed by atoms with van der Waals surface area (Å²) in [7, 11) is 1.52. The van der Waals surface area contributed by atoms with Gasteiger partial charge in [-0.15, -0.1) is 0 Å². The summed E-state index contributed by atoms with van der Waals surface area (Å²) < 4.78 is 5.22. The quantitative estimate of drug-likeness (QED) is 0.710. The van der Waals surface area contributed by atoms with Crippen LogP contribution >= 0.6 is 34.8 Å². The lowest BCUT2D eigenvalue weighted by Gasteiger charge is -2.11. The van der Waals surface area contributed by atoms with Gasteiger partial charge in [-0.2, -0.15) is 0 Å². The van der Waals surface area contributed by atoms with Gasteiger partial charge in [-0.05, 0) is 42.3 Å². The van der Waals surface area contributed by atoms with Crippen molar-refractivity contribution in [2.45, 2.75) is 6.92 Å². The van der Waals surface area contributed by atoms with E-state index in [-0.39, 0.29) is 5.91 Å². The minimum atomic E-state index is -0.295. The molecule has 2 aromatic rings. The molecule has 1 amide bonds. The van der Waals surface area contributed by atoms with Crippen molar-refractivity contribution in [3.8, 4) is 5.75 Å². The minimum absolute atomic E-state index is 0.295. The molecule has 2 rings (SSSR count). The number of anilines is 1. The Morgan fingerprint density at radius 2 is 1.83 bits per heavy atom. The summed E-state index contributed by atoms with van der Waals surface area (Å²) in [5, 5.41) is 4.23. The SMILES string of the molecule is COc1cc(Cl)c(C)cc1NC(=O)/C=C/c1ccc(Cl)c(Cl)c1. The van der Waals surface area contributed by atoms with E-state index in [1.807, 2.05) is 6.92 Å². The van der Waals surface area contributed by atoms with Crippen LogP contribution in [-0.4, -0.2) is 13.0 Å². The summed E-state index contributed by atoms with van der Waals surface area (Å²) in [6.45, 7) is 1.85. The highest BCUT2D eigenvalue weighted by atomic mass is 35.5. The number of carbonyl (C=O) groups is 1. The van der Waals surface area contributed by atoms with Crippen LogP contribution in [0.1, 0.15) is 11.1 Å². The smallest absolute Gasteiger partial charge is 0.248 e. The van der Waals surface area contributed by atoms with E-state index < -0.39 is 0 Å². The van der Waals surface area contributed by atoms with Gasteiger partial charge < -0.3 is 10.1 Å². The van der Waals surface area contributed by atoms with Gasteiger partial charge in [-0.1, -0.05) is 40.9 Å². The Morgan fingerprint density at radius 1 is 1.09 bits per heavy atom. The second kappa shape index (κ2) is 7.73. The molecule has 0 aliphatic carbocycles. The molecule has 0 atom stereocenters. The van der Waals surface area contributed by atoms with E-state index in [1.165, 1.54) is 13.2 Å². The molecule has 23 heavy (non-hydrogen) atoms. The van der Waals surface area contributed by atoms with Crippen LogP contribution < -0.4 is 10.1 Å². The molecule has 0 bridgehead atoms. The predicted octanol–water partition coefficient (Wildman–Crippen LogP) is 5.62. The number of methoxy groups -OCH3 is 1. The van der Waals surface area contributed by atoms with Crippen molar-refractivity contribution < 1.29 is 9.53 Å². The zero-order valence-electron chi connectivity index (χ0n) is 12.5. The van der Waals surface area contributed by atoms with Crippen molar-refractivity contribution in [1.82, 2.24) is 0 Å². The predicted molar refractivity (Wildman–Crippen MR) is 96.9 cm³/mol. The van der Waals surface area contributed by atoms with E-state index in [4.69, 9.17) is 39.5 Å². The van der Waals surface area contributed by atoms with E-state index in [9.17, 15) is 4.79 Å². The fourth-order valence-electron chi connectivity index (χ4n) is 1.89. The topological polar surface area (TPSA) is 38.3 Å². The van der Waals surface area contributed by atoms with E-state index in [0.29, 0.717) is 26.5 Å². The number of benzene rings is 2. The molecule has 0 aliphatic rings. The van der Waals surface area contributed by atoms with E-state index in [2.05, 4.69) is 5.32 Å². The van der Waals surface area contributed by atoms with Crippen LogP contribution in [0.4, 0.5) is 5.69 Å². The lowest BCUT2D eigenvalue weighted by Crippen LogP contribution is -2.09. The molecule has 0 saturated heterocycles. The lowest BCUT2D eigenvalue weighted by molar-refractivity contribution is -0.111. The highest BCUT2D eigenvalue weighted by molar-refractivity contribution is 6.42. The van der Waals surface area contributed by atoms with E-state index in [1.54, 1.807) is 36.4 Å². The van der Waals surface area contributed by atoms with Gasteiger partial charge in [0.15, 0.2) is 0 Å². The van der Waals surface area contributed by atoms with Crippen LogP contribution in [0.3, 0.4) is 0 Å². The molecule has 0 unspecified atom stereocenters. The molecule has 2 aromatic carbocycles. The molecule has 0 radical (unpaired) electrons. The van der Waals surface area contributed by atoms with Crippen LogP contribution in [-0.2, 0) is 4.79 Å². The Bertz CT molecular complexity index is 773. The maximum absolute atomic E-state index is 12.1. The van der Waals surface area contributed by atoms with Gasteiger partial charge in [0.25, 0.3) is 0 Å². The second-order valence-corrected chi connectivity index (χ2v) is 6.02. The number of ether oxygens (including phenoxy) is 1. The molecule has 1 N–H and O–H groups in total. The van der Waals surface area contributed by atoms with Gasteiger partial charge >= 0.3 is 0 Å². The summed E-state index contributed by atoms with van der Waals surface area (Å²) in [5.41, 5.74) is 2.17. The van der Waals surface area contributed by atoms with Crippen molar-refractivity contribution in [2.75, 3.05) is 12.4 Å². The van der Waals surface area contributed by atoms with Gasteiger partial charge in [0, 0.05) is 17.2 Å². The third-order valence-corrected chi connectivity index (χ3v) is 4.26. The maximum Gasteiger partial charge on any atom is 0.248 e. The number of nitrogens with one attached hydrogen (secondary N) is 1. The molecule has 0 fully saturated rings. The first kappa shape index (κ1) is 17.7. The van der Waals surface area contributed by atoms with Gasteiger partial charge in [-0.25, -0.2) is 0 Å². The van der Waals surface area contributed by atoms with Crippen LogP contribution in [0.2, 0.25) is 15.1 Å². The molecule has 0 spiro atoms. The highest BCUT2D eigenvalue weighted by Crippen LogP contribution is 2.31. The van der Waals surface area contributed by atoms with Gasteiger partial charge in [0.1, 0.15) is 5.75 Å². The van der Waals surface area contributed by atoms with Crippen molar-refractivity contribution >= 4 is 52.5 Å². The first-order valence-corrected chi connectivity index (χ1v) is 7.82. The number of halogens is 3. The average Bonchev–Trinajstić information content (AvgIpc) is 2.52. The average molecular weight is 371 g/mol. The lowest BCUT2D eigenvalue weighted by atomic mass is 10.2. The third-order valence-electron chi connectivity index (χ3n) is 3.11. The summed E-state index contributed by atoms with van der Waals surface area (Å²) in [4.78, 5) is 12.1. The monoisotopic (exact) mass is 369 g/mol. The summed E-state index contributed by atoms with van der Waals surface area (Å²) >= 11 is 17.8. The van der Waals surface area contributed by atoms with Gasteiger partial charge in [0.05, 0.1) is 22.8 Å². The molecule has 3 nitrogen and oxygen atoms in total. The Hall–Kier alpha value is -1.68. The van der Waals surface area contributed by atoms with Crippen LogP contribution in [0.25, 0.3) is 6.08 Å². The first-order chi connectivity index (χ1) is 10.9. The maximum atomic E-state index is 12.1. The summed E-state index contributed by atoms with van der Waals surface area (Å²) in [6, 6.07) is 8.54. The Labute approximate surface area is 149 Å². The Morgan fingerprint density at radius 3 is 2.48 bits per heavy atom. The molecule has 0 aromatic heterocycles. The van der Waals surface area contributed by atoms with Crippen LogP contribution in [0.5, 0.6) is 5.75 Å². The van der Waals surface area contributed by atoms with E-state index >= 15 is 0 Å². The minimum Gasteiger partial charge on any atom is -0.495 e. The number of aryl methyl sites for hydroxylation is 1. The molecule has 0 saturated carbocycles. The standard InChI is InChI=1S/C17H14Cl3NO2/c1-10-7-15(16(23-2)9-13(10)19)21-17(22)6-4-11-3-5-12(18)14(20)8-11/h3-9H,1-2H3,(H,21,22)/b6-4+. The molecule has 0 heterocycles. The fourth-order valence-corrected chi connectivity index (χ4v) is 2.35. The number of carbonyl (C=O) groups excluding carboxylic acids is 1. The normalized spacial score (nSPS) is 10.8. The van der Waals surface area contributed by atoms with Crippen LogP contribution in [0.15, 0.2) is 36.4 Å². The largest absolute Gasteiger partial charge is 0.495 e. The van der Waals surface area contributed by atoms with Crippen LogP contribution in [0, 0.1) is 6.92 Å². The molecule has 120 valence electrons. The second-order valence-electron chi connectivity index (χ2n) is 4.80. The fraction of sp³-hybridized carbons (Fsp3) is 0.118. The zero-order valence-corrected chi connectivity index (χ0v) is 14.8. The van der Waals surface area contributed by atoms with Crippen molar-refractivity contribution in [2.24, 2.45) is 0 Å². The Kier molecular flexibility index (Phi) is 5.94. The molecule has 0 aliphatic heterocycles. The number of hydrogen-bond donors (Lipinski definition) is 1. The molecular formula is C17H14Cl3NO2. The Balaban J connectivity index is 2.14. The van der Waals surface area contributed by atoms with Gasteiger partial charge in [0.2, 0.25) is 5.91 Å². The first-order valence-electron chi connectivity index (χ1n) is 6.69. The third kappa shape index (κ3) is 4.64. The number of rotatable bonds is 4. The van der Waals surface area contributed by atoms with E-state index in [0.717, 1.165) is 11.1 Å². The van der Waals surface area contributed by atoms with Gasteiger partial charge in [-0.3, -0.25) is 4.79 Å². The van der Waals surface area contributed by atoms with Crippen molar-refractivity contribution in [3.63, 3.8) is 0 Å². The number of hydrogen-bond acceptors (Lipinski definition) is 2. The molecule has 6 heteroatoms. The summed E-state index contributed by atoms with van der Waals surface area (Å²) in [5.74, 6) is 0.202. The highest BCUT2D eigenvalue weighted by Gasteiger charge is 2.09. The van der Waals surface area contributed by atoms with Crippen molar-refractivity contribution in [3.05, 3.63) is 62.6 Å². The number of amides is 1. The molecular weight excluding hydrogens is 357 g/mol. The van der Waals surface area contributed by atoms with Crippen molar-refractivity contribution in [1.29, 1.82) is 0 Å². The summed E-state index contributed by atoms with van der Waals surface area (Å²) in [6.07, 6.45) is 3.05. The zero-order chi connectivity index (χ0) is 17.0.